The first-order valence-electron chi connectivity index (χ1n) is 7.12. The van der Waals surface area contributed by atoms with E-state index in [4.69, 9.17) is 9.26 Å². The summed E-state index contributed by atoms with van der Waals surface area (Å²) in [4.78, 5) is 6.55. The Hall–Kier alpha value is -1.92. The Bertz CT molecular complexity index is 582. The number of rotatable bonds is 4. The second-order valence-electron chi connectivity index (χ2n) is 5.27. The lowest BCUT2D eigenvalue weighted by atomic mass is 10.1. The minimum Gasteiger partial charge on any atom is -0.497 e. The van der Waals surface area contributed by atoms with Crippen molar-refractivity contribution in [3.8, 4) is 17.1 Å². The first kappa shape index (κ1) is 14.0. The van der Waals surface area contributed by atoms with Gasteiger partial charge in [0.25, 0.3) is 0 Å². The molecule has 2 heterocycles. The van der Waals surface area contributed by atoms with Gasteiger partial charge in [0, 0.05) is 12.1 Å². The van der Waals surface area contributed by atoms with Gasteiger partial charge in [0.1, 0.15) is 5.75 Å². The molecule has 3 rings (SSSR count). The summed E-state index contributed by atoms with van der Waals surface area (Å²) in [6.45, 7) is 2.21. The third-order valence-electron chi connectivity index (χ3n) is 3.66. The van der Waals surface area contributed by atoms with E-state index in [9.17, 15) is 5.11 Å². The van der Waals surface area contributed by atoms with E-state index in [1.54, 1.807) is 7.11 Å². The highest BCUT2D eigenvalue weighted by Crippen LogP contribution is 2.20. The molecule has 6 heteroatoms. The molecule has 0 saturated carbocycles. The van der Waals surface area contributed by atoms with E-state index in [-0.39, 0.29) is 6.10 Å². The zero-order valence-electron chi connectivity index (χ0n) is 12.0. The number of benzene rings is 1. The summed E-state index contributed by atoms with van der Waals surface area (Å²) < 4.78 is 10.4. The number of methoxy groups -OCH3 is 1. The molecule has 1 aromatic heterocycles. The Morgan fingerprint density at radius 3 is 2.90 bits per heavy atom. The number of nitrogens with zero attached hydrogens (tertiary/aromatic N) is 3. The fraction of sp³-hybridized carbons (Fsp3) is 0.467. The van der Waals surface area contributed by atoms with Crippen molar-refractivity contribution in [2.75, 3.05) is 20.2 Å². The summed E-state index contributed by atoms with van der Waals surface area (Å²) in [6.07, 6.45) is 1.63. The van der Waals surface area contributed by atoms with Crippen molar-refractivity contribution < 1.29 is 14.4 Å². The number of piperidine rings is 1. The monoisotopic (exact) mass is 289 g/mol. The Morgan fingerprint density at radius 1 is 1.38 bits per heavy atom. The van der Waals surface area contributed by atoms with Gasteiger partial charge in [-0.2, -0.15) is 4.98 Å². The van der Waals surface area contributed by atoms with E-state index in [0.717, 1.165) is 30.7 Å². The number of aliphatic hydroxyl groups excluding tert-OH is 1. The van der Waals surface area contributed by atoms with Crippen LogP contribution in [0.1, 0.15) is 18.7 Å². The molecule has 0 amide bonds. The first-order valence-corrected chi connectivity index (χ1v) is 7.12. The predicted molar refractivity (Wildman–Crippen MR) is 76.8 cm³/mol. The van der Waals surface area contributed by atoms with Gasteiger partial charge < -0.3 is 14.4 Å². The highest BCUT2D eigenvalue weighted by molar-refractivity contribution is 5.55. The predicted octanol–water partition coefficient (Wildman–Crippen LogP) is 1.70. The molecule has 1 saturated heterocycles. The van der Waals surface area contributed by atoms with Crippen LogP contribution in [-0.4, -0.2) is 46.5 Å². The lowest BCUT2D eigenvalue weighted by Gasteiger charge is -2.28. The largest absolute Gasteiger partial charge is 0.497 e. The van der Waals surface area contributed by atoms with E-state index in [1.165, 1.54) is 0 Å². The number of β-amino-alcohol motifs (C(OH)–C–C–N with tert-alkyl or cyclic N) is 1. The van der Waals surface area contributed by atoms with Crippen LogP contribution in [-0.2, 0) is 6.54 Å². The molecular formula is C15H19N3O3. The number of hydrogen-bond donors (Lipinski definition) is 1. The van der Waals surface area contributed by atoms with Gasteiger partial charge in [0.05, 0.1) is 19.8 Å². The average Bonchev–Trinajstić information content (AvgIpc) is 2.96. The molecule has 1 aromatic carbocycles. The molecule has 112 valence electrons. The molecule has 2 aromatic rings. The minimum absolute atomic E-state index is 0.247. The molecule has 1 fully saturated rings. The van der Waals surface area contributed by atoms with Crippen LogP contribution in [0.5, 0.6) is 5.75 Å². The lowest BCUT2D eigenvalue weighted by molar-refractivity contribution is 0.0613. The molecule has 21 heavy (non-hydrogen) atoms. The Labute approximate surface area is 123 Å². The van der Waals surface area contributed by atoms with Gasteiger partial charge in [-0.15, -0.1) is 0 Å². The van der Waals surface area contributed by atoms with E-state index < -0.39 is 0 Å². The second kappa shape index (κ2) is 6.24. The molecule has 1 aliphatic rings. The van der Waals surface area contributed by atoms with Crippen molar-refractivity contribution in [2.24, 2.45) is 0 Å². The van der Waals surface area contributed by atoms with Crippen molar-refractivity contribution in [1.82, 2.24) is 15.0 Å². The SMILES string of the molecule is COc1ccc(-c2noc(CN3CCC[C@H](O)C3)n2)cc1. The smallest absolute Gasteiger partial charge is 0.241 e. The summed E-state index contributed by atoms with van der Waals surface area (Å²) in [5, 5.41) is 13.7. The van der Waals surface area contributed by atoms with Gasteiger partial charge in [0.2, 0.25) is 11.7 Å². The van der Waals surface area contributed by atoms with Crippen molar-refractivity contribution in [2.45, 2.75) is 25.5 Å². The maximum absolute atomic E-state index is 9.67. The number of aromatic nitrogens is 2. The molecule has 0 bridgehead atoms. The highest BCUT2D eigenvalue weighted by Gasteiger charge is 2.20. The van der Waals surface area contributed by atoms with Crippen LogP contribution in [0.2, 0.25) is 0 Å². The Morgan fingerprint density at radius 2 is 2.19 bits per heavy atom. The van der Waals surface area contributed by atoms with E-state index in [1.807, 2.05) is 24.3 Å². The third kappa shape index (κ3) is 3.40. The number of ether oxygens (including phenoxy) is 1. The van der Waals surface area contributed by atoms with Crippen LogP contribution in [0.3, 0.4) is 0 Å². The van der Waals surface area contributed by atoms with Crippen molar-refractivity contribution in [3.63, 3.8) is 0 Å². The molecular weight excluding hydrogens is 270 g/mol. The maximum atomic E-state index is 9.67. The van der Waals surface area contributed by atoms with Crippen LogP contribution < -0.4 is 4.74 Å². The van der Waals surface area contributed by atoms with Crippen LogP contribution in [0.4, 0.5) is 0 Å². The summed E-state index contributed by atoms with van der Waals surface area (Å²) in [6, 6.07) is 7.54. The fourth-order valence-electron chi connectivity index (χ4n) is 2.54. The van der Waals surface area contributed by atoms with Gasteiger partial charge in [0.15, 0.2) is 0 Å². The zero-order chi connectivity index (χ0) is 14.7. The van der Waals surface area contributed by atoms with Crippen LogP contribution in [0, 0.1) is 0 Å². The van der Waals surface area contributed by atoms with Gasteiger partial charge in [-0.25, -0.2) is 0 Å². The van der Waals surface area contributed by atoms with Gasteiger partial charge in [-0.05, 0) is 43.7 Å². The first-order chi connectivity index (χ1) is 10.2. The van der Waals surface area contributed by atoms with Crippen LogP contribution in [0.25, 0.3) is 11.4 Å². The number of aliphatic hydroxyl groups is 1. The van der Waals surface area contributed by atoms with Gasteiger partial charge >= 0.3 is 0 Å². The average molecular weight is 289 g/mol. The number of hydrogen-bond acceptors (Lipinski definition) is 6. The van der Waals surface area contributed by atoms with Gasteiger partial charge in [-0.1, -0.05) is 5.16 Å². The third-order valence-corrected chi connectivity index (χ3v) is 3.66. The van der Waals surface area contributed by atoms with Crippen LogP contribution in [0.15, 0.2) is 28.8 Å². The zero-order valence-corrected chi connectivity index (χ0v) is 12.0. The van der Waals surface area contributed by atoms with Crippen LogP contribution >= 0.6 is 0 Å². The number of likely N-dealkylation sites (tertiary alicyclic amines) is 1. The van der Waals surface area contributed by atoms with E-state index >= 15 is 0 Å². The summed E-state index contributed by atoms with van der Waals surface area (Å²) in [5.74, 6) is 1.95. The molecule has 1 atom stereocenters. The van der Waals surface area contributed by atoms with Crippen molar-refractivity contribution >= 4 is 0 Å². The molecule has 0 spiro atoms. The van der Waals surface area contributed by atoms with Crippen molar-refractivity contribution in [3.05, 3.63) is 30.2 Å². The van der Waals surface area contributed by atoms with E-state index in [2.05, 4.69) is 15.0 Å². The Kier molecular flexibility index (Phi) is 4.17. The molecule has 0 aliphatic carbocycles. The maximum Gasteiger partial charge on any atom is 0.241 e. The standard InChI is InChI=1S/C15H19N3O3/c1-20-13-6-4-11(5-7-13)15-16-14(21-17-15)10-18-8-2-3-12(19)9-18/h4-7,12,19H,2-3,8-10H2,1H3/t12-/m0/s1. The molecule has 6 nitrogen and oxygen atoms in total. The second-order valence-corrected chi connectivity index (χ2v) is 5.27. The normalized spacial score (nSPS) is 19.6. The fourth-order valence-corrected chi connectivity index (χ4v) is 2.54. The highest BCUT2D eigenvalue weighted by atomic mass is 16.5. The minimum atomic E-state index is -0.247. The Balaban J connectivity index is 1.67. The van der Waals surface area contributed by atoms with Gasteiger partial charge in [-0.3, -0.25) is 4.90 Å². The molecule has 1 aliphatic heterocycles. The summed E-state index contributed by atoms with van der Waals surface area (Å²) in [5.41, 5.74) is 0.893. The molecule has 1 N–H and O–H groups in total. The molecule has 0 unspecified atom stereocenters. The quantitative estimate of drug-likeness (QED) is 0.923. The van der Waals surface area contributed by atoms with E-state index in [0.29, 0.717) is 24.8 Å². The van der Waals surface area contributed by atoms with Crippen molar-refractivity contribution in [1.29, 1.82) is 0 Å². The summed E-state index contributed by atoms with van der Waals surface area (Å²) >= 11 is 0. The molecule has 0 radical (unpaired) electrons. The lowest BCUT2D eigenvalue weighted by Crippen LogP contribution is -2.37. The summed E-state index contributed by atoms with van der Waals surface area (Å²) in [7, 11) is 1.63. The topological polar surface area (TPSA) is 71.6 Å².